The predicted octanol–water partition coefficient (Wildman–Crippen LogP) is 3.82. The van der Waals surface area contributed by atoms with Crippen molar-refractivity contribution >= 4 is 18.0 Å². The van der Waals surface area contributed by atoms with E-state index in [1.54, 1.807) is 42.1 Å². The van der Waals surface area contributed by atoms with Gasteiger partial charge in [0.05, 0.1) is 5.56 Å². The van der Waals surface area contributed by atoms with E-state index in [0.29, 0.717) is 17.1 Å². The number of hydrogen-bond donors (Lipinski definition) is 0. The maximum Gasteiger partial charge on any atom is 0.153 e. The number of ether oxygens (including phenoxy) is 1. The summed E-state index contributed by atoms with van der Waals surface area (Å²) in [7, 11) is 0. The van der Waals surface area contributed by atoms with Crippen molar-refractivity contribution in [2.45, 2.75) is 0 Å². The molecule has 3 heteroatoms. The first-order valence-corrected chi connectivity index (χ1v) is 6.21. The zero-order chi connectivity index (χ0) is 12.7. The third kappa shape index (κ3) is 4.33. The molecule has 88 valence electrons. The minimum Gasteiger partial charge on any atom is -0.457 e. The summed E-state index contributed by atoms with van der Waals surface area (Å²) >= 11 is 1.55. The maximum atomic E-state index is 10.8. The van der Waals surface area contributed by atoms with Gasteiger partial charge >= 0.3 is 0 Å². The number of thioether (sulfide) groups is 1. The van der Waals surface area contributed by atoms with Gasteiger partial charge in [-0.15, -0.1) is 11.8 Å². The molecule has 0 N–H and O–H groups in total. The summed E-state index contributed by atoms with van der Waals surface area (Å²) in [6.45, 7) is 7.57. The zero-order valence-corrected chi connectivity index (χ0v) is 10.5. The fourth-order valence-corrected chi connectivity index (χ4v) is 1.30. The Balaban J connectivity index is 2.71. The van der Waals surface area contributed by atoms with Crippen LogP contribution in [-0.4, -0.2) is 12.5 Å². The topological polar surface area (TPSA) is 26.3 Å². The number of aldehydes is 1. The molecule has 0 atom stereocenters. The molecule has 0 fully saturated rings. The molecule has 0 amide bonds. The Labute approximate surface area is 106 Å². The van der Waals surface area contributed by atoms with Crippen molar-refractivity contribution in [3.63, 3.8) is 0 Å². The van der Waals surface area contributed by atoms with Crippen LogP contribution >= 0.6 is 11.8 Å². The number of benzene rings is 1. The molecule has 17 heavy (non-hydrogen) atoms. The van der Waals surface area contributed by atoms with Crippen molar-refractivity contribution in [1.82, 2.24) is 0 Å². The van der Waals surface area contributed by atoms with Gasteiger partial charge in [0, 0.05) is 0 Å². The SMILES string of the molecule is C=C(/C=C\C(=C)SC)Oc1ccccc1C=O. The van der Waals surface area contributed by atoms with Crippen LogP contribution in [0.2, 0.25) is 0 Å². The largest absolute Gasteiger partial charge is 0.457 e. The van der Waals surface area contributed by atoms with Crippen LogP contribution in [0.15, 0.2) is 60.2 Å². The van der Waals surface area contributed by atoms with E-state index in [0.717, 1.165) is 11.2 Å². The summed E-state index contributed by atoms with van der Waals surface area (Å²) in [5, 5.41) is 0. The van der Waals surface area contributed by atoms with Gasteiger partial charge in [-0.05, 0) is 35.4 Å². The van der Waals surface area contributed by atoms with Gasteiger partial charge in [-0.3, -0.25) is 4.79 Å². The number of hydrogen-bond acceptors (Lipinski definition) is 3. The lowest BCUT2D eigenvalue weighted by atomic mass is 10.2. The number of para-hydroxylation sites is 1. The molecule has 2 nitrogen and oxygen atoms in total. The number of allylic oxidation sites excluding steroid dienone is 2. The predicted molar refractivity (Wildman–Crippen MR) is 73.4 cm³/mol. The van der Waals surface area contributed by atoms with E-state index < -0.39 is 0 Å². The van der Waals surface area contributed by atoms with Crippen LogP contribution in [0.3, 0.4) is 0 Å². The van der Waals surface area contributed by atoms with Crippen LogP contribution in [-0.2, 0) is 0 Å². The molecule has 1 aromatic rings. The minimum atomic E-state index is 0.467. The van der Waals surface area contributed by atoms with Crippen molar-refractivity contribution in [2.24, 2.45) is 0 Å². The normalized spacial score (nSPS) is 10.2. The lowest BCUT2D eigenvalue weighted by molar-refractivity contribution is 0.112. The van der Waals surface area contributed by atoms with Gasteiger partial charge in [-0.25, -0.2) is 0 Å². The van der Waals surface area contributed by atoms with E-state index in [-0.39, 0.29) is 0 Å². The van der Waals surface area contributed by atoms with E-state index in [2.05, 4.69) is 13.2 Å². The highest BCUT2D eigenvalue weighted by Crippen LogP contribution is 2.19. The Morgan fingerprint density at radius 1 is 1.29 bits per heavy atom. The highest BCUT2D eigenvalue weighted by molar-refractivity contribution is 8.02. The fourth-order valence-electron chi connectivity index (χ4n) is 1.10. The highest BCUT2D eigenvalue weighted by atomic mass is 32.2. The van der Waals surface area contributed by atoms with Gasteiger partial charge in [0.1, 0.15) is 11.5 Å². The zero-order valence-electron chi connectivity index (χ0n) is 9.68. The van der Waals surface area contributed by atoms with Gasteiger partial charge in [-0.1, -0.05) is 25.3 Å². The second-order valence-electron chi connectivity index (χ2n) is 3.23. The van der Waals surface area contributed by atoms with Gasteiger partial charge < -0.3 is 4.74 Å². The van der Waals surface area contributed by atoms with Crippen LogP contribution in [0.25, 0.3) is 0 Å². The molecule has 0 aliphatic rings. The molecule has 1 rings (SSSR count). The number of carbonyl (C=O) groups excluding carboxylic acids is 1. The number of carbonyl (C=O) groups is 1. The Hall–Kier alpha value is -1.74. The van der Waals surface area contributed by atoms with Crippen molar-refractivity contribution in [3.8, 4) is 5.75 Å². The third-order valence-electron chi connectivity index (χ3n) is 2.00. The molecule has 0 heterocycles. The van der Waals surface area contributed by atoms with Crippen molar-refractivity contribution in [1.29, 1.82) is 0 Å². The van der Waals surface area contributed by atoms with E-state index in [4.69, 9.17) is 4.74 Å². The summed E-state index contributed by atoms with van der Waals surface area (Å²) in [5.41, 5.74) is 0.505. The van der Waals surface area contributed by atoms with E-state index in [1.807, 2.05) is 12.3 Å². The summed E-state index contributed by atoms with van der Waals surface area (Å²) < 4.78 is 5.47. The fraction of sp³-hybridized carbons (Fsp3) is 0.0714. The first kappa shape index (κ1) is 13.3. The van der Waals surface area contributed by atoms with E-state index in [1.165, 1.54) is 0 Å². The smallest absolute Gasteiger partial charge is 0.153 e. The average Bonchev–Trinajstić information content (AvgIpc) is 2.36. The van der Waals surface area contributed by atoms with Crippen LogP contribution in [0.1, 0.15) is 10.4 Å². The molecule has 0 aliphatic heterocycles. The Morgan fingerprint density at radius 3 is 2.65 bits per heavy atom. The third-order valence-corrected chi connectivity index (χ3v) is 2.66. The molecule has 0 bridgehead atoms. The quantitative estimate of drug-likeness (QED) is 0.433. The van der Waals surface area contributed by atoms with Crippen molar-refractivity contribution < 1.29 is 9.53 Å². The van der Waals surface area contributed by atoms with Gasteiger partial charge in [0.15, 0.2) is 6.29 Å². The summed E-state index contributed by atoms with van der Waals surface area (Å²) in [5.74, 6) is 0.974. The Morgan fingerprint density at radius 2 is 2.00 bits per heavy atom. The Kier molecular flexibility index (Phi) is 5.30. The van der Waals surface area contributed by atoms with Crippen molar-refractivity contribution in [3.05, 3.63) is 65.8 Å². The highest BCUT2D eigenvalue weighted by Gasteiger charge is 2.01. The molecule has 0 radical (unpaired) electrons. The average molecular weight is 246 g/mol. The van der Waals surface area contributed by atoms with Crippen LogP contribution in [0.5, 0.6) is 5.75 Å². The summed E-state index contributed by atoms with van der Waals surface area (Å²) in [6, 6.07) is 7.01. The molecular formula is C14H14O2S. The summed E-state index contributed by atoms with van der Waals surface area (Å²) in [4.78, 5) is 11.7. The molecule has 0 saturated carbocycles. The van der Waals surface area contributed by atoms with Gasteiger partial charge in [0.2, 0.25) is 0 Å². The van der Waals surface area contributed by atoms with Gasteiger partial charge in [0.25, 0.3) is 0 Å². The molecule has 1 aromatic carbocycles. The molecule has 0 aromatic heterocycles. The van der Waals surface area contributed by atoms with Gasteiger partial charge in [-0.2, -0.15) is 0 Å². The molecule has 0 spiro atoms. The first-order chi connectivity index (χ1) is 8.17. The van der Waals surface area contributed by atoms with Crippen LogP contribution in [0.4, 0.5) is 0 Å². The van der Waals surface area contributed by atoms with Crippen LogP contribution in [0, 0.1) is 0 Å². The first-order valence-electron chi connectivity index (χ1n) is 4.99. The van der Waals surface area contributed by atoms with Crippen molar-refractivity contribution in [2.75, 3.05) is 6.26 Å². The van der Waals surface area contributed by atoms with Crippen LogP contribution < -0.4 is 4.74 Å². The molecule has 0 aliphatic carbocycles. The Bertz CT molecular complexity index is 461. The molecule has 0 saturated heterocycles. The lowest BCUT2D eigenvalue weighted by Gasteiger charge is -2.07. The van der Waals surface area contributed by atoms with E-state index in [9.17, 15) is 4.79 Å². The van der Waals surface area contributed by atoms with E-state index >= 15 is 0 Å². The standard InChI is InChI=1S/C14H14O2S/c1-11(8-9-12(2)17-3)16-14-7-5-4-6-13(14)10-15/h4-10H,1-2H2,3H3/b9-8-. The number of rotatable bonds is 6. The summed E-state index contributed by atoms with van der Waals surface area (Å²) in [6.07, 6.45) is 6.24. The molecular weight excluding hydrogens is 232 g/mol. The second-order valence-corrected chi connectivity index (χ2v) is 4.16. The monoisotopic (exact) mass is 246 g/mol. The molecule has 0 unspecified atom stereocenters. The second kappa shape index (κ2) is 6.76. The maximum absolute atomic E-state index is 10.8. The lowest BCUT2D eigenvalue weighted by Crippen LogP contribution is -1.94. The minimum absolute atomic E-state index is 0.467.